The number of likely N-dealkylation sites (N-methyl/N-ethyl adjacent to an activating group) is 1. The maximum absolute atomic E-state index is 11.7. The molecule has 0 fully saturated rings. The lowest BCUT2D eigenvalue weighted by atomic mass is 10.2. The van der Waals surface area contributed by atoms with Crippen LogP contribution in [0, 0.1) is 0 Å². The van der Waals surface area contributed by atoms with Gasteiger partial charge in [-0.3, -0.25) is 4.79 Å². The minimum Gasteiger partial charge on any atom is -0.395 e. The third-order valence-electron chi connectivity index (χ3n) is 2.12. The number of hydrogen-bond donors (Lipinski definition) is 1. The van der Waals surface area contributed by atoms with Crippen LogP contribution in [0.25, 0.3) is 0 Å². The van der Waals surface area contributed by atoms with Crippen molar-refractivity contribution < 1.29 is 9.90 Å². The maximum atomic E-state index is 11.7. The van der Waals surface area contributed by atoms with E-state index in [4.69, 9.17) is 5.11 Å². The topological polar surface area (TPSA) is 40.5 Å². The van der Waals surface area contributed by atoms with Crippen LogP contribution in [-0.4, -0.2) is 42.4 Å². The molecule has 0 saturated carbocycles. The Hall–Kier alpha value is -1.00. The Kier molecular flexibility index (Phi) is 4.65. The van der Waals surface area contributed by atoms with Crippen LogP contribution in [-0.2, 0) is 0 Å². The van der Waals surface area contributed by atoms with Gasteiger partial charge in [-0.05, 0) is 30.5 Å². The number of nitrogens with zero attached hydrogens (tertiary/aromatic N) is 1. The van der Waals surface area contributed by atoms with Gasteiger partial charge < -0.3 is 10.0 Å². The van der Waals surface area contributed by atoms with Gasteiger partial charge in [0, 0.05) is 24.1 Å². The molecule has 0 atom stereocenters. The first-order valence-electron chi connectivity index (χ1n) is 4.69. The number of benzene rings is 1. The average Bonchev–Trinajstić information content (AvgIpc) is 2.28. The highest BCUT2D eigenvalue weighted by molar-refractivity contribution is 7.98. The lowest BCUT2D eigenvalue weighted by Gasteiger charge is -2.15. The number of aliphatic hydroxyl groups is 1. The Morgan fingerprint density at radius 1 is 1.40 bits per heavy atom. The Bertz CT molecular complexity index is 324. The Labute approximate surface area is 94.1 Å². The van der Waals surface area contributed by atoms with Crippen molar-refractivity contribution in [1.29, 1.82) is 0 Å². The van der Waals surface area contributed by atoms with Crippen LogP contribution in [0.15, 0.2) is 29.2 Å². The second-order valence-corrected chi connectivity index (χ2v) is 4.06. The first-order chi connectivity index (χ1) is 7.19. The van der Waals surface area contributed by atoms with Crippen molar-refractivity contribution in [3.63, 3.8) is 0 Å². The Morgan fingerprint density at radius 3 is 2.47 bits per heavy atom. The third-order valence-corrected chi connectivity index (χ3v) is 2.86. The number of hydrogen-bond acceptors (Lipinski definition) is 3. The number of carbonyl (C=O) groups is 1. The van der Waals surface area contributed by atoms with Crippen molar-refractivity contribution in [3.8, 4) is 0 Å². The molecule has 0 radical (unpaired) electrons. The van der Waals surface area contributed by atoms with Gasteiger partial charge >= 0.3 is 0 Å². The highest BCUT2D eigenvalue weighted by Gasteiger charge is 2.10. The molecule has 1 rings (SSSR count). The van der Waals surface area contributed by atoms with E-state index < -0.39 is 0 Å². The molecule has 0 unspecified atom stereocenters. The normalized spacial score (nSPS) is 10.1. The highest BCUT2D eigenvalue weighted by Crippen LogP contribution is 2.15. The van der Waals surface area contributed by atoms with E-state index >= 15 is 0 Å². The van der Waals surface area contributed by atoms with Crippen molar-refractivity contribution in [2.75, 3.05) is 26.5 Å². The Balaban J connectivity index is 2.73. The van der Waals surface area contributed by atoms with E-state index in [2.05, 4.69) is 0 Å². The number of aliphatic hydroxyl groups excluding tert-OH is 1. The van der Waals surface area contributed by atoms with Gasteiger partial charge in [-0.25, -0.2) is 0 Å². The predicted molar refractivity (Wildman–Crippen MR) is 62.3 cm³/mol. The second-order valence-electron chi connectivity index (χ2n) is 3.18. The average molecular weight is 225 g/mol. The SMILES string of the molecule is CSc1ccc(C(=O)N(C)CCO)cc1. The standard InChI is InChI=1S/C11H15NO2S/c1-12(7-8-13)11(14)9-3-5-10(15-2)6-4-9/h3-6,13H,7-8H2,1-2H3. The van der Waals surface area contributed by atoms with Crippen LogP contribution >= 0.6 is 11.8 Å². The van der Waals surface area contributed by atoms with E-state index in [9.17, 15) is 4.79 Å². The number of rotatable bonds is 4. The lowest BCUT2D eigenvalue weighted by Crippen LogP contribution is -2.29. The summed E-state index contributed by atoms with van der Waals surface area (Å²) in [5, 5.41) is 8.72. The summed E-state index contributed by atoms with van der Waals surface area (Å²) in [6, 6.07) is 7.46. The predicted octanol–water partition coefficient (Wildman–Crippen LogP) is 1.47. The van der Waals surface area contributed by atoms with Gasteiger partial charge in [0.25, 0.3) is 5.91 Å². The van der Waals surface area contributed by atoms with Crippen molar-refractivity contribution in [2.45, 2.75) is 4.90 Å². The molecule has 4 heteroatoms. The van der Waals surface area contributed by atoms with Gasteiger partial charge in [0.05, 0.1) is 6.61 Å². The molecule has 0 aromatic heterocycles. The van der Waals surface area contributed by atoms with Gasteiger partial charge in [-0.2, -0.15) is 0 Å². The molecule has 0 aliphatic heterocycles. The molecule has 82 valence electrons. The van der Waals surface area contributed by atoms with E-state index in [-0.39, 0.29) is 12.5 Å². The smallest absolute Gasteiger partial charge is 0.253 e. The van der Waals surface area contributed by atoms with Crippen molar-refractivity contribution in [2.24, 2.45) is 0 Å². The molecule has 1 aromatic carbocycles. The summed E-state index contributed by atoms with van der Waals surface area (Å²) in [4.78, 5) is 14.4. The summed E-state index contributed by atoms with van der Waals surface area (Å²) in [6.45, 7) is 0.355. The van der Waals surface area contributed by atoms with E-state index in [1.807, 2.05) is 30.5 Å². The molecule has 15 heavy (non-hydrogen) atoms. The van der Waals surface area contributed by atoms with Crippen LogP contribution in [0.4, 0.5) is 0 Å². The summed E-state index contributed by atoms with van der Waals surface area (Å²) in [6.07, 6.45) is 1.99. The molecular formula is C11H15NO2S. The van der Waals surface area contributed by atoms with E-state index in [0.717, 1.165) is 4.90 Å². The van der Waals surface area contributed by atoms with Crippen LogP contribution in [0.2, 0.25) is 0 Å². The van der Waals surface area contributed by atoms with Crippen LogP contribution in [0.5, 0.6) is 0 Å². The fourth-order valence-electron chi connectivity index (χ4n) is 1.21. The lowest BCUT2D eigenvalue weighted by molar-refractivity contribution is 0.0767. The van der Waals surface area contributed by atoms with Crippen LogP contribution in [0.1, 0.15) is 10.4 Å². The monoisotopic (exact) mass is 225 g/mol. The molecule has 0 bridgehead atoms. The second kappa shape index (κ2) is 5.78. The van der Waals surface area contributed by atoms with Crippen molar-refractivity contribution in [3.05, 3.63) is 29.8 Å². The van der Waals surface area contributed by atoms with Crippen molar-refractivity contribution >= 4 is 17.7 Å². The van der Waals surface area contributed by atoms with Gasteiger partial charge in [0.15, 0.2) is 0 Å². The summed E-state index contributed by atoms with van der Waals surface area (Å²) in [5.74, 6) is -0.0586. The first kappa shape index (κ1) is 12.1. The minimum absolute atomic E-state index is 0.00879. The Morgan fingerprint density at radius 2 is 2.00 bits per heavy atom. The van der Waals surface area contributed by atoms with Crippen LogP contribution < -0.4 is 0 Å². The summed E-state index contributed by atoms with van der Waals surface area (Å²) < 4.78 is 0. The van der Waals surface area contributed by atoms with Gasteiger partial charge in [0.2, 0.25) is 0 Å². The molecule has 0 saturated heterocycles. The zero-order valence-corrected chi connectivity index (χ0v) is 9.75. The molecule has 0 spiro atoms. The molecule has 1 N–H and O–H groups in total. The van der Waals surface area contributed by atoms with Gasteiger partial charge in [-0.15, -0.1) is 11.8 Å². The van der Waals surface area contributed by atoms with Crippen molar-refractivity contribution in [1.82, 2.24) is 4.90 Å². The largest absolute Gasteiger partial charge is 0.395 e. The highest BCUT2D eigenvalue weighted by atomic mass is 32.2. The minimum atomic E-state index is -0.0586. The molecular weight excluding hydrogens is 210 g/mol. The number of amides is 1. The number of carbonyl (C=O) groups excluding carboxylic acids is 1. The number of thioether (sulfide) groups is 1. The summed E-state index contributed by atoms with van der Waals surface area (Å²) in [5.41, 5.74) is 0.656. The molecule has 3 nitrogen and oxygen atoms in total. The maximum Gasteiger partial charge on any atom is 0.253 e. The van der Waals surface area contributed by atoms with E-state index in [0.29, 0.717) is 12.1 Å². The fraction of sp³-hybridized carbons (Fsp3) is 0.364. The zero-order valence-electron chi connectivity index (χ0n) is 8.93. The first-order valence-corrected chi connectivity index (χ1v) is 5.92. The molecule has 0 aliphatic carbocycles. The third kappa shape index (κ3) is 3.25. The quantitative estimate of drug-likeness (QED) is 0.789. The van der Waals surface area contributed by atoms with Gasteiger partial charge in [-0.1, -0.05) is 0 Å². The summed E-state index contributed by atoms with van der Waals surface area (Å²) >= 11 is 1.64. The molecule has 0 heterocycles. The molecule has 1 amide bonds. The molecule has 0 aliphatic rings. The van der Waals surface area contributed by atoms with Crippen LogP contribution in [0.3, 0.4) is 0 Å². The van der Waals surface area contributed by atoms with E-state index in [1.54, 1.807) is 18.8 Å². The van der Waals surface area contributed by atoms with E-state index in [1.165, 1.54) is 4.90 Å². The molecule has 1 aromatic rings. The zero-order chi connectivity index (χ0) is 11.3. The van der Waals surface area contributed by atoms with Gasteiger partial charge in [0.1, 0.15) is 0 Å². The summed E-state index contributed by atoms with van der Waals surface area (Å²) in [7, 11) is 1.68. The fourth-order valence-corrected chi connectivity index (χ4v) is 1.61.